The van der Waals surface area contributed by atoms with Gasteiger partial charge in [0.15, 0.2) is 0 Å². The summed E-state index contributed by atoms with van der Waals surface area (Å²) in [6.45, 7) is 5.64. The van der Waals surface area contributed by atoms with Crippen LogP contribution in [0.1, 0.15) is 20.8 Å². The molecule has 21 heavy (non-hydrogen) atoms. The molecule has 0 aliphatic carbocycles. The molecule has 2 aromatic carbocycles. The van der Waals surface area contributed by atoms with E-state index in [1.54, 1.807) is 48.5 Å². The fourth-order valence-electron chi connectivity index (χ4n) is 2.06. The van der Waals surface area contributed by atoms with Gasteiger partial charge in [0.1, 0.15) is 0 Å². The van der Waals surface area contributed by atoms with Crippen molar-refractivity contribution in [3.8, 4) is 0 Å². The van der Waals surface area contributed by atoms with E-state index >= 15 is 0 Å². The van der Waals surface area contributed by atoms with Gasteiger partial charge >= 0.3 is 0 Å². The van der Waals surface area contributed by atoms with Gasteiger partial charge in [0.05, 0.1) is 0 Å². The van der Waals surface area contributed by atoms with Crippen LogP contribution in [0.4, 0.5) is 4.79 Å². The second-order valence-electron chi connectivity index (χ2n) is 5.96. The third-order valence-corrected chi connectivity index (χ3v) is 5.74. The number of benzene rings is 2. The lowest BCUT2D eigenvalue weighted by Crippen LogP contribution is -2.42. The predicted molar refractivity (Wildman–Crippen MR) is 88.0 cm³/mol. The smallest absolute Gasteiger partial charge is 0.287 e. The molecule has 0 unspecified atom stereocenters. The highest BCUT2D eigenvalue weighted by Crippen LogP contribution is 2.44. The molecule has 1 amide bonds. The van der Waals surface area contributed by atoms with E-state index in [1.807, 2.05) is 32.9 Å². The molecule has 0 heterocycles. The fourth-order valence-corrected chi connectivity index (χ4v) is 4.50. The first-order valence-electron chi connectivity index (χ1n) is 6.88. The van der Waals surface area contributed by atoms with Gasteiger partial charge in [-0.3, -0.25) is 4.79 Å². The van der Waals surface area contributed by atoms with Crippen LogP contribution in [0.15, 0.2) is 60.7 Å². The molecule has 0 aliphatic rings. The van der Waals surface area contributed by atoms with Crippen LogP contribution in [0.5, 0.6) is 0 Å². The molecule has 0 fully saturated rings. The van der Waals surface area contributed by atoms with E-state index in [0.29, 0.717) is 10.6 Å². The van der Waals surface area contributed by atoms with Crippen molar-refractivity contribution >= 4 is 23.4 Å². The van der Waals surface area contributed by atoms with Crippen LogP contribution in [0.25, 0.3) is 0 Å². The zero-order valence-corrected chi connectivity index (χ0v) is 13.4. The number of nitrogens with one attached hydrogen (secondary N) is 1. The first-order chi connectivity index (χ1) is 9.84. The maximum absolute atomic E-state index is 13.6. The number of rotatable bonds is 3. The quantitative estimate of drug-likeness (QED) is 0.882. The van der Waals surface area contributed by atoms with Crippen molar-refractivity contribution in [2.45, 2.75) is 26.3 Å². The highest BCUT2D eigenvalue weighted by atomic mass is 31.2. The van der Waals surface area contributed by atoms with Crippen LogP contribution < -0.4 is 15.9 Å². The molecule has 3 nitrogen and oxygen atoms in total. The second kappa shape index (κ2) is 5.87. The van der Waals surface area contributed by atoms with E-state index in [2.05, 4.69) is 5.32 Å². The first kappa shape index (κ1) is 15.5. The standard InChI is InChI=1S/C17H20NO2P/c1-17(2,3)18-16(19)21(20,14-10-6-4-7-11-14)15-12-8-5-9-13-15/h4-13H,1-3H3,(H,18,19). The Balaban J connectivity index is 2.56. The van der Waals surface area contributed by atoms with Crippen LogP contribution in [0.2, 0.25) is 0 Å². The average molecular weight is 301 g/mol. The van der Waals surface area contributed by atoms with Crippen molar-refractivity contribution in [3.05, 3.63) is 60.7 Å². The molecule has 0 radical (unpaired) electrons. The monoisotopic (exact) mass is 301 g/mol. The fraction of sp³-hybridized carbons (Fsp3) is 0.235. The largest absolute Gasteiger partial charge is 0.345 e. The minimum atomic E-state index is -3.36. The second-order valence-corrected chi connectivity index (χ2v) is 8.62. The molecule has 0 saturated carbocycles. The molecule has 0 bridgehead atoms. The van der Waals surface area contributed by atoms with Crippen molar-refractivity contribution in [2.75, 3.05) is 0 Å². The summed E-state index contributed by atoms with van der Waals surface area (Å²) in [5.74, 6) is 0. The van der Waals surface area contributed by atoms with Crippen molar-refractivity contribution in [1.82, 2.24) is 5.32 Å². The Hall–Kier alpha value is -1.86. The topological polar surface area (TPSA) is 46.2 Å². The Kier molecular flexibility index (Phi) is 4.34. The molecule has 1 N–H and O–H groups in total. The Morgan fingerprint density at radius 2 is 1.24 bits per heavy atom. The highest BCUT2D eigenvalue weighted by Gasteiger charge is 2.37. The SMILES string of the molecule is CC(C)(C)NC(=O)P(=O)(c1ccccc1)c1ccccc1. The van der Waals surface area contributed by atoms with Gasteiger partial charge in [-0.05, 0) is 20.8 Å². The van der Waals surface area contributed by atoms with E-state index in [1.165, 1.54) is 0 Å². The van der Waals surface area contributed by atoms with Gasteiger partial charge < -0.3 is 9.88 Å². The lowest BCUT2D eigenvalue weighted by Gasteiger charge is -2.25. The van der Waals surface area contributed by atoms with Crippen molar-refractivity contribution < 1.29 is 9.36 Å². The van der Waals surface area contributed by atoms with Gasteiger partial charge in [-0.15, -0.1) is 0 Å². The number of amides is 1. The number of hydrogen-bond acceptors (Lipinski definition) is 2. The Bertz CT molecular complexity index is 617. The Morgan fingerprint density at radius 3 is 1.57 bits per heavy atom. The maximum atomic E-state index is 13.6. The summed E-state index contributed by atoms with van der Waals surface area (Å²) in [6, 6.07) is 17.9. The maximum Gasteiger partial charge on any atom is 0.287 e. The number of hydrogen-bond donors (Lipinski definition) is 1. The summed E-state index contributed by atoms with van der Waals surface area (Å²) in [7, 11) is -3.36. The Morgan fingerprint density at radius 1 is 0.857 bits per heavy atom. The lowest BCUT2D eigenvalue weighted by molar-refractivity contribution is 0.251. The molecular formula is C17H20NO2P. The van der Waals surface area contributed by atoms with Gasteiger partial charge in [-0.1, -0.05) is 60.7 Å². The summed E-state index contributed by atoms with van der Waals surface area (Å²) < 4.78 is 13.6. The highest BCUT2D eigenvalue weighted by molar-refractivity contribution is 7.92. The van der Waals surface area contributed by atoms with Gasteiger partial charge in [0, 0.05) is 16.1 Å². The molecule has 0 saturated heterocycles. The summed E-state index contributed by atoms with van der Waals surface area (Å²) in [5.41, 5.74) is -0.858. The van der Waals surface area contributed by atoms with Gasteiger partial charge in [-0.25, -0.2) is 0 Å². The normalized spacial score (nSPS) is 12.0. The summed E-state index contributed by atoms with van der Waals surface area (Å²) in [5, 5.41) is 3.96. The van der Waals surface area contributed by atoms with Gasteiger partial charge in [0.25, 0.3) is 5.65 Å². The molecule has 4 heteroatoms. The molecule has 0 aliphatic heterocycles. The lowest BCUT2D eigenvalue weighted by atomic mass is 10.1. The predicted octanol–water partition coefficient (Wildman–Crippen LogP) is 3.51. The van der Waals surface area contributed by atoms with E-state index in [4.69, 9.17) is 0 Å². The molecule has 0 spiro atoms. The average Bonchev–Trinajstić information content (AvgIpc) is 2.46. The first-order valence-corrected chi connectivity index (χ1v) is 8.59. The van der Waals surface area contributed by atoms with E-state index < -0.39 is 18.3 Å². The van der Waals surface area contributed by atoms with Crippen molar-refractivity contribution in [1.29, 1.82) is 0 Å². The van der Waals surface area contributed by atoms with Crippen LogP contribution >= 0.6 is 7.14 Å². The zero-order valence-electron chi connectivity index (χ0n) is 12.5. The number of carbonyl (C=O) groups is 1. The van der Waals surface area contributed by atoms with Crippen LogP contribution in [-0.4, -0.2) is 11.2 Å². The van der Waals surface area contributed by atoms with E-state index in [0.717, 1.165) is 0 Å². The van der Waals surface area contributed by atoms with Crippen molar-refractivity contribution in [3.63, 3.8) is 0 Å². The minimum Gasteiger partial charge on any atom is -0.345 e. The van der Waals surface area contributed by atoms with E-state index in [9.17, 15) is 9.36 Å². The Labute approximate surface area is 125 Å². The van der Waals surface area contributed by atoms with E-state index in [-0.39, 0.29) is 0 Å². The van der Waals surface area contributed by atoms with Crippen LogP contribution in [0.3, 0.4) is 0 Å². The molecule has 0 aromatic heterocycles. The van der Waals surface area contributed by atoms with Crippen molar-refractivity contribution in [2.24, 2.45) is 0 Å². The zero-order chi connectivity index (χ0) is 15.5. The van der Waals surface area contributed by atoms with Gasteiger partial charge in [-0.2, -0.15) is 0 Å². The van der Waals surface area contributed by atoms with Crippen LogP contribution in [0, 0.1) is 0 Å². The van der Waals surface area contributed by atoms with Crippen LogP contribution in [-0.2, 0) is 4.57 Å². The third kappa shape index (κ3) is 3.43. The molecule has 2 aromatic rings. The number of carbonyl (C=O) groups excluding carboxylic acids is 1. The minimum absolute atomic E-state index is 0.424. The summed E-state index contributed by atoms with van der Waals surface area (Å²) in [6.07, 6.45) is 0. The summed E-state index contributed by atoms with van der Waals surface area (Å²) in [4.78, 5) is 12.7. The van der Waals surface area contributed by atoms with Gasteiger partial charge in [0.2, 0.25) is 7.14 Å². The molecule has 110 valence electrons. The summed E-state index contributed by atoms with van der Waals surface area (Å²) >= 11 is 0. The third-order valence-electron chi connectivity index (χ3n) is 3.01. The molecule has 2 rings (SSSR count). The molecular weight excluding hydrogens is 281 g/mol. The molecule has 0 atom stereocenters.